The van der Waals surface area contributed by atoms with E-state index in [1.54, 1.807) is 24.4 Å². The highest BCUT2D eigenvalue weighted by molar-refractivity contribution is 6.35. The normalized spacial score (nSPS) is 18.7. The molecule has 1 amide bonds. The second-order valence-corrected chi connectivity index (χ2v) is 7.05. The zero-order valence-corrected chi connectivity index (χ0v) is 14.8. The number of halogens is 3. The van der Waals surface area contributed by atoms with Crippen molar-refractivity contribution in [3.05, 3.63) is 41.4 Å². The zero-order valence-electron chi connectivity index (χ0n) is 14.1. The summed E-state index contributed by atoms with van der Waals surface area (Å²) in [5.74, 6) is -2.27. The molecular weight excluding hydrogens is 392 g/mol. The summed E-state index contributed by atoms with van der Waals surface area (Å²) >= 11 is 6.16. The van der Waals surface area contributed by atoms with Crippen LogP contribution in [0.3, 0.4) is 0 Å². The van der Waals surface area contributed by atoms with Crippen molar-refractivity contribution in [1.29, 1.82) is 0 Å². The van der Waals surface area contributed by atoms with Crippen LogP contribution in [-0.2, 0) is 4.79 Å². The Morgan fingerprint density at radius 2 is 2.21 bits per heavy atom. The first kappa shape index (κ1) is 16.9. The van der Waals surface area contributed by atoms with Gasteiger partial charge in [0.1, 0.15) is 11.7 Å². The number of amides is 1. The van der Waals surface area contributed by atoms with Crippen molar-refractivity contribution in [2.75, 3.05) is 5.32 Å². The van der Waals surface area contributed by atoms with E-state index in [9.17, 15) is 18.7 Å². The third-order valence-corrected chi connectivity index (χ3v) is 5.17. The molecule has 5 rings (SSSR count). The third kappa shape index (κ3) is 2.50. The molecule has 28 heavy (non-hydrogen) atoms. The number of aromatic hydroxyl groups is 1. The molecule has 1 aromatic carbocycles. The average Bonchev–Trinajstić information content (AvgIpc) is 3.06. The quantitative estimate of drug-likeness (QED) is 0.486. The zero-order chi connectivity index (χ0) is 19.6. The minimum Gasteiger partial charge on any atom is -0.503 e. The SMILES string of the molecule is O=C(Nc1cc2cc(-c3c(Cl)c(F)c(O)c4[nH]ncc34)ccn2n1)[C@@H]1C[C@@H]1F. The Morgan fingerprint density at radius 1 is 1.43 bits per heavy atom. The highest BCUT2D eigenvalue weighted by Crippen LogP contribution is 2.42. The topological polar surface area (TPSA) is 95.3 Å². The number of rotatable bonds is 3. The number of phenolic OH excluding ortho intramolecular Hbond substituents is 1. The van der Waals surface area contributed by atoms with Gasteiger partial charge < -0.3 is 10.4 Å². The van der Waals surface area contributed by atoms with E-state index in [1.807, 2.05) is 0 Å². The van der Waals surface area contributed by atoms with Crippen LogP contribution in [0.4, 0.5) is 14.6 Å². The molecule has 0 unspecified atom stereocenters. The summed E-state index contributed by atoms with van der Waals surface area (Å²) < 4.78 is 28.9. The fourth-order valence-corrected chi connectivity index (χ4v) is 3.55. The third-order valence-electron chi connectivity index (χ3n) is 4.82. The Bertz CT molecular complexity index is 1270. The number of hydrogen-bond donors (Lipinski definition) is 3. The van der Waals surface area contributed by atoms with Crippen molar-refractivity contribution in [3.8, 4) is 16.9 Å². The molecule has 3 N–H and O–H groups in total. The van der Waals surface area contributed by atoms with Crippen LogP contribution >= 0.6 is 11.6 Å². The first-order chi connectivity index (χ1) is 13.4. The molecule has 1 saturated carbocycles. The minimum absolute atomic E-state index is 0.142. The monoisotopic (exact) mass is 403 g/mol. The molecule has 10 heteroatoms. The first-order valence-electron chi connectivity index (χ1n) is 8.42. The Hall–Kier alpha value is -3.20. The lowest BCUT2D eigenvalue weighted by Gasteiger charge is -2.09. The van der Waals surface area contributed by atoms with Gasteiger partial charge >= 0.3 is 0 Å². The summed E-state index contributed by atoms with van der Waals surface area (Å²) in [5.41, 5.74) is 1.70. The molecular formula is C18H12ClF2N5O2. The van der Waals surface area contributed by atoms with Crippen molar-refractivity contribution in [1.82, 2.24) is 19.8 Å². The number of H-pyrrole nitrogens is 1. The number of aromatic amines is 1. The molecule has 0 aliphatic heterocycles. The average molecular weight is 404 g/mol. The number of nitrogens with zero attached hydrogens (tertiary/aromatic N) is 3. The van der Waals surface area contributed by atoms with E-state index in [4.69, 9.17) is 11.6 Å². The van der Waals surface area contributed by atoms with E-state index in [1.165, 1.54) is 10.7 Å². The number of phenols is 1. The molecule has 142 valence electrons. The van der Waals surface area contributed by atoms with Crippen molar-refractivity contribution in [2.45, 2.75) is 12.6 Å². The van der Waals surface area contributed by atoms with Crippen molar-refractivity contribution >= 4 is 39.7 Å². The van der Waals surface area contributed by atoms with E-state index in [0.717, 1.165) is 0 Å². The van der Waals surface area contributed by atoms with Gasteiger partial charge in [0.15, 0.2) is 17.4 Å². The maximum Gasteiger partial charge on any atom is 0.231 e. The lowest BCUT2D eigenvalue weighted by Crippen LogP contribution is -2.15. The molecule has 3 aromatic heterocycles. The Morgan fingerprint density at radius 3 is 2.96 bits per heavy atom. The van der Waals surface area contributed by atoms with Crippen LogP contribution in [0.5, 0.6) is 5.75 Å². The number of alkyl halides is 1. The largest absolute Gasteiger partial charge is 0.503 e. The summed E-state index contributed by atoms with van der Waals surface area (Å²) in [6, 6.07) is 5.00. The second kappa shape index (κ2) is 5.90. The minimum atomic E-state index is -1.09. The summed E-state index contributed by atoms with van der Waals surface area (Å²) in [6.07, 6.45) is 2.22. The van der Waals surface area contributed by atoms with Crippen LogP contribution in [0.1, 0.15) is 6.42 Å². The van der Waals surface area contributed by atoms with Gasteiger partial charge in [-0.05, 0) is 24.1 Å². The number of benzene rings is 1. The van der Waals surface area contributed by atoms with Crippen LogP contribution in [0.25, 0.3) is 27.5 Å². The van der Waals surface area contributed by atoms with Crippen LogP contribution in [0.2, 0.25) is 5.02 Å². The molecule has 7 nitrogen and oxygen atoms in total. The number of fused-ring (bicyclic) bond motifs is 2. The van der Waals surface area contributed by atoms with Crippen LogP contribution in [0, 0.1) is 11.7 Å². The molecule has 0 spiro atoms. The first-order valence-corrected chi connectivity index (χ1v) is 8.79. The van der Waals surface area contributed by atoms with E-state index in [-0.39, 0.29) is 22.8 Å². The molecule has 4 aromatic rings. The molecule has 0 bridgehead atoms. The molecule has 1 aliphatic carbocycles. The van der Waals surface area contributed by atoms with Crippen molar-refractivity contribution in [2.24, 2.45) is 5.92 Å². The van der Waals surface area contributed by atoms with Gasteiger partial charge in [-0.3, -0.25) is 9.89 Å². The molecule has 1 aliphatic rings. The molecule has 3 heterocycles. The number of carbonyl (C=O) groups is 1. The molecule has 1 fully saturated rings. The fraction of sp³-hybridized carbons (Fsp3) is 0.167. The van der Waals surface area contributed by atoms with Gasteiger partial charge in [0.25, 0.3) is 0 Å². The maximum atomic E-state index is 14.3. The van der Waals surface area contributed by atoms with Gasteiger partial charge in [-0.2, -0.15) is 10.2 Å². The number of aromatic nitrogens is 4. The molecule has 0 saturated heterocycles. The lowest BCUT2D eigenvalue weighted by atomic mass is 10.0. The van der Waals surface area contributed by atoms with Gasteiger partial charge in [-0.25, -0.2) is 13.3 Å². The van der Waals surface area contributed by atoms with Gasteiger partial charge in [0.2, 0.25) is 5.91 Å². The second-order valence-electron chi connectivity index (χ2n) is 6.67. The standard InChI is InChI=1S/C18H12ClF2N5O2/c19-14-13(10-6-22-24-16(10)17(27)15(14)21)7-1-2-26-8(3-7)4-12(25-26)23-18(28)9-5-11(9)20/h1-4,6,9,11,27H,5H2,(H,22,24)(H,23,25,28)/t9-,11+/m1/s1. The summed E-state index contributed by atoms with van der Waals surface area (Å²) in [6.45, 7) is 0. The van der Waals surface area contributed by atoms with Crippen LogP contribution in [-0.4, -0.2) is 37.0 Å². The lowest BCUT2D eigenvalue weighted by molar-refractivity contribution is -0.117. The Balaban J connectivity index is 1.58. The smallest absolute Gasteiger partial charge is 0.231 e. The fourth-order valence-electron chi connectivity index (χ4n) is 3.25. The van der Waals surface area contributed by atoms with Crippen molar-refractivity contribution < 1.29 is 18.7 Å². The van der Waals surface area contributed by atoms with Gasteiger partial charge in [0.05, 0.1) is 22.7 Å². The van der Waals surface area contributed by atoms with Gasteiger partial charge in [0, 0.05) is 23.2 Å². The highest BCUT2D eigenvalue weighted by Gasteiger charge is 2.43. The number of pyridine rings is 1. The molecule has 0 radical (unpaired) electrons. The Kier molecular flexibility index (Phi) is 3.57. The number of hydrogen-bond acceptors (Lipinski definition) is 4. The summed E-state index contributed by atoms with van der Waals surface area (Å²) in [5, 5.41) is 23.4. The van der Waals surface area contributed by atoms with Crippen LogP contribution < -0.4 is 5.32 Å². The predicted octanol–water partition coefficient (Wildman–Crippen LogP) is 3.67. The summed E-state index contributed by atoms with van der Waals surface area (Å²) in [4.78, 5) is 11.9. The predicted molar refractivity (Wildman–Crippen MR) is 98.5 cm³/mol. The van der Waals surface area contributed by atoms with Crippen molar-refractivity contribution in [3.63, 3.8) is 0 Å². The Labute approximate surface area is 160 Å². The van der Waals surface area contributed by atoms with Gasteiger partial charge in [-0.1, -0.05) is 11.6 Å². The number of carbonyl (C=O) groups excluding carboxylic acids is 1. The molecule has 2 atom stereocenters. The van der Waals surface area contributed by atoms with Gasteiger partial charge in [-0.15, -0.1) is 0 Å². The highest BCUT2D eigenvalue weighted by atomic mass is 35.5. The van der Waals surface area contributed by atoms with E-state index >= 15 is 0 Å². The van der Waals surface area contributed by atoms with Crippen LogP contribution in [0.15, 0.2) is 30.6 Å². The summed E-state index contributed by atoms with van der Waals surface area (Å²) in [7, 11) is 0. The maximum absolute atomic E-state index is 14.3. The van der Waals surface area contributed by atoms with E-state index in [2.05, 4.69) is 20.6 Å². The van der Waals surface area contributed by atoms with E-state index < -0.39 is 29.6 Å². The van der Waals surface area contributed by atoms with E-state index in [0.29, 0.717) is 22.0 Å². The number of nitrogens with one attached hydrogen (secondary N) is 2. The number of anilines is 1.